The van der Waals surface area contributed by atoms with Crippen LogP contribution in [0.25, 0.3) is 0 Å². The lowest BCUT2D eigenvalue weighted by atomic mass is 10.0. The topological polar surface area (TPSA) is 29.1 Å². The van der Waals surface area contributed by atoms with Gasteiger partial charge in [0.05, 0.1) is 12.7 Å². The molecular weight excluding hydrogens is 272 g/mol. The third-order valence-electron chi connectivity index (χ3n) is 4.45. The summed E-state index contributed by atoms with van der Waals surface area (Å²) in [5, 5.41) is 10.6. The van der Waals surface area contributed by atoms with E-state index in [9.17, 15) is 5.11 Å². The fourth-order valence-corrected chi connectivity index (χ4v) is 3.01. The van der Waals surface area contributed by atoms with Crippen molar-refractivity contribution in [2.75, 3.05) is 13.2 Å². The van der Waals surface area contributed by atoms with E-state index >= 15 is 0 Å². The van der Waals surface area contributed by atoms with Crippen molar-refractivity contribution in [3.8, 4) is 0 Å². The maximum Gasteiger partial charge on any atom is 0.106 e. The van der Waals surface area contributed by atoms with Crippen molar-refractivity contribution in [2.45, 2.75) is 116 Å². The minimum atomic E-state index is -0.0949. The van der Waals surface area contributed by atoms with E-state index < -0.39 is 0 Å². The second-order valence-corrected chi connectivity index (χ2v) is 6.66. The van der Waals surface area contributed by atoms with E-state index in [4.69, 9.17) is 4.74 Å². The molecule has 0 saturated carbocycles. The Labute approximate surface area is 140 Å². The fraction of sp³-hybridized carbons (Fsp3) is 1.00. The molecule has 0 aromatic rings. The van der Waals surface area contributed by atoms with E-state index in [0.717, 1.165) is 12.8 Å². The van der Waals surface area contributed by atoms with Gasteiger partial charge < -0.3 is 4.74 Å². The number of rotatable bonds is 18. The van der Waals surface area contributed by atoms with Crippen LogP contribution in [0.4, 0.5) is 0 Å². The van der Waals surface area contributed by atoms with Crippen molar-refractivity contribution in [3.63, 3.8) is 0 Å². The van der Waals surface area contributed by atoms with Gasteiger partial charge in [-0.15, -0.1) is 0 Å². The van der Waals surface area contributed by atoms with Gasteiger partial charge in [-0.25, -0.2) is 5.11 Å². The van der Waals surface area contributed by atoms with Crippen molar-refractivity contribution in [1.82, 2.24) is 0 Å². The van der Waals surface area contributed by atoms with Gasteiger partial charge in [0.15, 0.2) is 0 Å². The summed E-state index contributed by atoms with van der Waals surface area (Å²) in [5.41, 5.74) is 0. The van der Waals surface area contributed by atoms with Crippen LogP contribution in [0.2, 0.25) is 0 Å². The molecule has 1 radical (unpaired) electrons. The third-order valence-corrected chi connectivity index (χ3v) is 4.45. The monoisotopic (exact) mass is 313 g/mol. The average molecular weight is 314 g/mol. The van der Waals surface area contributed by atoms with E-state index in [-0.39, 0.29) is 6.61 Å². The van der Waals surface area contributed by atoms with Crippen LogP contribution in [0.5, 0.6) is 0 Å². The first kappa shape index (κ1) is 21.9. The van der Waals surface area contributed by atoms with Gasteiger partial charge in [0, 0.05) is 0 Å². The first-order valence-electron chi connectivity index (χ1n) is 10.0. The van der Waals surface area contributed by atoms with Crippen LogP contribution in [0.3, 0.4) is 0 Å². The zero-order chi connectivity index (χ0) is 16.3. The van der Waals surface area contributed by atoms with Gasteiger partial charge in [0.1, 0.15) is 6.61 Å². The molecule has 1 atom stereocenters. The number of unbranched alkanes of at least 4 members (excludes halogenated alkanes) is 11. The maximum atomic E-state index is 10.6. The van der Waals surface area contributed by atoms with Gasteiger partial charge in [0.2, 0.25) is 0 Å². The third kappa shape index (κ3) is 16.3. The van der Waals surface area contributed by atoms with Gasteiger partial charge in [-0.3, -0.25) is 0 Å². The Hall–Kier alpha value is -0.0800. The lowest BCUT2D eigenvalue weighted by Crippen LogP contribution is -2.15. The molecule has 0 N–H and O–H groups in total. The molecule has 0 heterocycles. The molecule has 0 aliphatic rings. The van der Waals surface area contributed by atoms with E-state index in [1.54, 1.807) is 0 Å². The average Bonchev–Trinajstić information content (AvgIpc) is 2.53. The highest BCUT2D eigenvalue weighted by Crippen LogP contribution is 2.16. The molecule has 2 heteroatoms. The van der Waals surface area contributed by atoms with Crippen LogP contribution < -0.4 is 0 Å². The molecule has 2 nitrogen and oxygen atoms in total. The minimum absolute atomic E-state index is 0.0949. The lowest BCUT2D eigenvalue weighted by Gasteiger charge is -2.17. The molecule has 0 rings (SSSR count). The minimum Gasteiger partial charge on any atom is -0.376 e. The molecule has 0 aliphatic carbocycles. The molecule has 0 aromatic heterocycles. The highest BCUT2D eigenvalue weighted by molar-refractivity contribution is 4.60. The summed E-state index contributed by atoms with van der Waals surface area (Å²) in [7, 11) is 0. The summed E-state index contributed by atoms with van der Waals surface area (Å²) in [5.74, 6) is 0. The first-order chi connectivity index (χ1) is 10.8. The molecule has 0 fully saturated rings. The van der Waals surface area contributed by atoms with Crippen molar-refractivity contribution < 1.29 is 9.84 Å². The van der Waals surface area contributed by atoms with E-state index in [0.29, 0.717) is 12.7 Å². The Morgan fingerprint density at radius 3 is 1.55 bits per heavy atom. The summed E-state index contributed by atoms with van der Waals surface area (Å²) < 4.78 is 5.71. The summed E-state index contributed by atoms with van der Waals surface area (Å²) in [4.78, 5) is 0. The van der Waals surface area contributed by atoms with Gasteiger partial charge in [-0.1, -0.05) is 97.3 Å². The van der Waals surface area contributed by atoms with Crippen LogP contribution >= 0.6 is 0 Å². The van der Waals surface area contributed by atoms with Crippen molar-refractivity contribution >= 4 is 0 Å². The van der Waals surface area contributed by atoms with E-state index in [1.165, 1.54) is 83.5 Å². The Bertz CT molecular complexity index is 194. The van der Waals surface area contributed by atoms with Crippen LogP contribution in [-0.2, 0) is 9.84 Å². The first-order valence-corrected chi connectivity index (χ1v) is 10.0. The van der Waals surface area contributed by atoms with E-state index in [2.05, 4.69) is 13.8 Å². The summed E-state index contributed by atoms with van der Waals surface area (Å²) in [6, 6.07) is 0. The Morgan fingerprint density at radius 1 is 0.636 bits per heavy atom. The second kappa shape index (κ2) is 19.0. The Morgan fingerprint density at radius 2 is 1.05 bits per heavy atom. The summed E-state index contributed by atoms with van der Waals surface area (Å²) in [6.07, 6.45) is 20.2. The summed E-state index contributed by atoms with van der Waals surface area (Å²) >= 11 is 0. The van der Waals surface area contributed by atoms with Crippen LogP contribution in [0.15, 0.2) is 0 Å². The van der Waals surface area contributed by atoms with Crippen LogP contribution in [0.1, 0.15) is 110 Å². The van der Waals surface area contributed by atoms with E-state index in [1.807, 2.05) is 0 Å². The quantitative estimate of drug-likeness (QED) is 0.259. The number of ether oxygens (including phenoxy) is 1. The predicted molar refractivity (Wildman–Crippen MR) is 95.9 cm³/mol. The van der Waals surface area contributed by atoms with Crippen molar-refractivity contribution in [1.29, 1.82) is 0 Å². The van der Waals surface area contributed by atoms with Gasteiger partial charge in [0.25, 0.3) is 0 Å². The zero-order valence-electron chi connectivity index (χ0n) is 15.4. The number of hydrogen-bond donors (Lipinski definition) is 0. The van der Waals surface area contributed by atoms with Crippen molar-refractivity contribution in [3.05, 3.63) is 0 Å². The fourth-order valence-electron chi connectivity index (χ4n) is 3.01. The molecule has 0 saturated heterocycles. The molecule has 0 aliphatic heterocycles. The highest BCUT2D eigenvalue weighted by Gasteiger charge is 2.08. The highest BCUT2D eigenvalue weighted by atomic mass is 16.5. The van der Waals surface area contributed by atoms with Gasteiger partial charge in [-0.05, 0) is 12.8 Å². The van der Waals surface area contributed by atoms with Gasteiger partial charge >= 0.3 is 0 Å². The Kier molecular flexibility index (Phi) is 18.9. The molecular formula is C20H41O2. The van der Waals surface area contributed by atoms with Crippen LogP contribution in [0, 0.1) is 0 Å². The Balaban J connectivity index is 3.41. The predicted octanol–water partition coefficient (Wildman–Crippen LogP) is 6.69. The molecule has 0 aromatic carbocycles. The second-order valence-electron chi connectivity index (χ2n) is 6.66. The SMILES string of the molecule is CCCCCCCCCCCCC(CCCCC)OCC[O]. The zero-order valence-corrected chi connectivity index (χ0v) is 15.4. The smallest absolute Gasteiger partial charge is 0.106 e. The largest absolute Gasteiger partial charge is 0.376 e. The maximum absolute atomic E-state index is 10.6. The molecule has 0 spiro atoms. The molecule has 133 valence electrons. The van der Waals surface area contributed by atoms with Gasteiger partial charge in [-0.2, -0.15) is 0 Å². The van der Waals surface area contributed by atoms with Crippen LogP contribution in [-0.4, -0.2) is 19.3 Å². The molecule has 22 heavy (non-hydrogen) atoms. The lowest BCUT2D eigenvalue weighted by molar-refractivity contribution is 0.00221. The molecule has 0 amide bonds. The molecule has 0 bridgehead atoms. The standard InChI is InChI=1S/C20H41O2/c1-3-5-7-8-9-10-11-12-13-15-17-20(22-19-18-21)16-14-6-4-2/h20H,3-19H2,1-2H3. The molecule has 1 unspecified atom stereocenters. The number of hydrogen-bond acceptors (Lipinski definition) is 1. The normalized spacial score (nSPS) is 12.7. The van der Waals surface area contributed by atoms with Crippen molar-refractivity contribution in [2.24, 2.45) is 0 Å². The summed E-state index contributed by atoms with van der Waals surface area (Å²) in [6.45, 7) is 4.81.